The van der Waals surface area contributed by atoms with Gasteiger partial charge in [-0.2, -0.15) is 0 Å². The van der Waals surface area contributed by atoms with Crippen molar-refractivity contribution in [2.24, 2.45) is 0 Å². The summed E-state index contributed by atoms with van der Waals surface area (Å²) in [6.07, 6.45) is 3.44. The molecule has 0 aliphatic carbocycles. The van der Waals surface area contributed by atoms with E-state index in [0.29, 0.717) is 5.75 Å². The van der Waals surface area contributed by atoms with Crippen LogP contribution >= 0.6 is 11.8 Å². The summed E-state index contributed by atoms with van der Waals surface area (Å²) in [5.74, 6) is -0.0727. The van der Waals surface area contributed by atoms with Crippen LogP contribution in [0.4, 0.5) is 0 Å². The highest BCUT2D eigenvalue weighted by Gasteiger charge is 2.19. The van der Waals surface area contributed by atoms with E-state index in [-0.39, 0.29) is 25.0 Å². The highest BCUT2D eigenvalue weighted by Crippen LogP contribution is 2.20. The number of hydrogen-bond donors (Lipinski definition) is 3. The molecule has 0 bridgehead atoms. The number of benzene rings is 1. The number of unbranched alkanes of at least 4 members (excludes halogenated alkanes) is 1. The second kappa shape index (κ2) is 11.1. The first-order valence-corrected chi connectivity index (χ1v) is 8.92. The molecule has 1 rings (SSSR count). The van der Waals surface area contributed by atoms with Crippen molar-refractivity contribution in [1.82, 2.24) is 10.6 Å². The Hall–Kier alpha value is -1.53. The number of amides is 2. The fourth-order valence-electron chi connectivity index (χ4n) is 2.04. The molecular weight excluding hydrogens is 312 g/mol. The van der Waals surface area contributed by atoms with Crippen LogP contribution in [0.3, 0.4) is 0 Å². The van der Waals surface area contributed by atoms with Crippen LogP contribution in [0.15, 0.2) is 29.2 Å². The van der Waals surface area contributed by atoms with Crippen molar-refractivity contribution >= 4 is 23.6 Å². The molecule has 0 heterocycles. The van der Waals surface area contributed by atoms with E-state index in [4.69, 9.17) is 5.11 Å². The van der Waals surface area contributed by atoms with Crippen LogP contribution in [0.2, 0.25) is 0 Å². The summed E-state index contributed by atoms with van der Waals surface area (Å²) in [5.41, 5.74) is 1.32. The molecule has 1 aromatic rings. The van der Waals surface area contributed by atoms with Crippen LogP contribution in [0.5, 0.6) is 0 Å². The van der Waals surface area contributed by atoms with Crippen LogP contribution < -0.4 is 10.6 Å². The number of aryl methyl sites for hydroxylation is 1. The summed E-state index contributed by atoms with van der Waals surface area (Å²) >= 11 is 1.53. The largest absolute Gasteiger partial charge is 0.395 e. The Morgan fingerprint density at radius 2 is 1.96 bits per heavy atom. The minimum absolute atomic E-state index is 0.120. The lowest BCUT2D eigenvalue weighted by molar-refractivity contribution is -0.127. The number of thioether (sulfide) groups is 1. The molecule has 0 saturated carbocycles. The fraction of sp³-hybridized carbons (Fsp3) is 0.529. The molecule has 1 unspecified atom stereocenters. The average molecular weight is 338 g/mol. The standard InChI is InChI=1S/C17H26N2O3S/c1-3-4-5-14-6-8-15(9-7-14)23-12-16(19-13(2)21)17(22)18-10-11-20/h6-9,16,20H,3-5,10-12H2,1-2H3,(H,18,22)(H,19,21). The van der Waals surface area contributed by atoms with Crippen LogP contribution in [-0.4, -0.2) is 41.9 Å². The van der Waals surface area contributed by atoms with Gasteiger partial charge in [-0.1, -0.05) is 25.5 Å². The third kappa shape index (κ3) is 8.04. The van der Waals surface area contributed by atoms with E-state index in [0.717, 1.165) is 11.3 Å². The Morgan fingerprint density at radius 1 is 1.26 bits per heavy atom. The first-order chi connectivity index (χ1) is 11.1. The average Bonchev–Trinajstić information content (AvgIpc) is 2.55. The maximum Gasteiger partial charge on any atom is 0.243 e. The van der Waals surface area contributed by atoms with Gasteiger partial charge in [0.1, 0.15) is 6.04 Å². The molecule has 0 aliphatic heterocycles. The SMILES string of the molecule is CCCCc1ccc(SCC(NC(C)=O)C(=O)NCCO)cc1. The smallest absolute Gasteiger partial charge is 0.243 e. The summed E-state index contributed by atoms with van der Waals surface area (Å²) in [6, 6.07) is 7.70. The Labute approximate surface area is 142 Å². The number of aliphatic hydroxyl groups excluding tert-OH is 1. The van der Waals surface area contributed by atoms with Gasteiger partial charge in [-0.15, -0.1) is 11.8 Å². The van der Waals surface area contributed by atoms with Gasteiger partial charge in [-0.05, 0) is 30.5 Å². The van der Waals surface area contributed by atoms with Crippen molar-refractivity contribution in [1.29, 1.82) is 0 Å². The van der Waals surface area contributed by atoms with Crippen LogP contribution in [0.25, 0.3) is 0 Å². The molecule has 23 heavy (non-hydrogen) atoms. The molecule has 2 amide bonds. The predicted molar refractivity (Wildman–Crippen MR) is 93.5 cm³/mol. The van der Waals surface area contributed by atoms with Crippen LogP contribution in [0.1, 0.15) is 32.3 Å². The topological polar surface area (TPSA) is 78.4 Å². The predicted octanol–water partition coefficient (Wildman–Crippen LogP) is 1.73. The van der Waals surface area contributed by atoms with Crippen LogP contribution in [-0.2, 0) is 16.0 Å². The number of nitrogens with one attached hydrogen (secondary N) is 2. The summed E-state index contributed by atoms with van der Waals surface area (Å²) < 4.78 is 0. The maximum atomic E-state index is 12.0. The molecular formula is C17H26N2O3S. The van der Waals surface area contributed by atoms with E-state index in [1.165, 1.54) is 37.1 Å². The number of aliphatic hydroxyl groups is 1. The van der Waals surface area contributed by atoms with E-state index in [9.17, 15) is 9.59 Å². The third-order valence-corrected chi connectivity index (χ3v) is 4.37. The molecule has 1 aromatic carbocycles. The number of hydrogen-bond acceptors (Lipinski definition) is 4. The molecule has 3 N–H and O–H groups in total. The normalized spacial score (nSPS) is 11.8. The van der Waals surface area contributed by atoms with Crippen molar-refractivity contribution in [2.45, 2.75) is 44.0 Å². The van der Waals surface area contributed by atoms with E-state index in [1.54, 1.807) is 0 Å². The second-order valence-electron chi connectivity index (χ2n) is 5.33. The number of carbonyl (C=O) groups is 2. The molecule has 1 atom stereocenters. The van der Waals surface area contributed by atoms with Crippen molar-refractivity contribution in [3.8, 4) is 0 Å². The molecule has 0 spiro atoms. The van der Waals surface area contributed by atoms with Gasteiger partial charge in [0.15, 0.2) is 0 Å². The molecule has 5 nitrogen and oxygen atoms in total. The Kier molecular flexibility index (Phi) is 9.40. The number of carbonyl (C=O) groups excluding carboxylic acids is 2. The van der Waals surface area contributed by atoms with Crippen molar-refractivity contribution in [3.63, 3.8) is 0 Å². The van der Waals surface area contributed by atoms with E-state index >= 15 is 0 Å². The quantitative estimate of drug-likeness (QED) is 0.568. The van der Waals surface area contributed by atoms with Crippen molar-refractivity contribution < 1.29 is 14.7 Å². The molecule has 0 fully saturated rings. The first kappa shape index (κ1) is 19.5. The van der Waals surface area contributed by atoms with E-state index in [2.05, 4.69) is 29.7 Å². The zero-order valence-corrected chi connectivity index (χ0v) is 14.6. The highest BCUT2D eigenvalue weighted by atomic mass is 32.2. The first-order valence-electron chi connectivity index (χ1n) is 7.94. The highest BCUT2D eigenvalue weighted by molar-refractivity contribution is 7.99. The van der Waals surface area contributed by atoms with Gasteiger partial charge in [0.2, 0.25) is 11.8 Å². The van der Waals surface area contributed by atoms with Gasteiger partial charge in [0.05, 0.1) is 6.61 Å². The van der Waals surface area contributed by atoms with Gasteiger partial charge < -0.3 is 15.7 Å². The van der Waals surface area contributed by atoms with Crippen LogP contribution in [0, 0.1) is 0 Å². The monoisotopic (exact) mass is 338 g/mol. The summed E-state index contributed by atoms with van der Waals surface area (Å²) in [6.45, 7) is 3.63. The van der Waals surface area contributed by atoms with Gasteiger partial charge in [-0.3, -0.25) is 9.59 Å². The summed E-state index contributed by atoms with van der Waals surface area (Å²) in [4.78, 5) is 24.3. The fourth-order valence-corrected chi connectivity index (χ4v) is 2.97. The Balaban J connectivity index is 2.55. The zero-order valence-electron chi connectivity index (χ0n) is 13.8. The minimum atomic E-state index is -0.608. The van der Waals surface area contributed by atoms with Crippen molar-refractivity contribution in [2.75, 3.05) is 18.9 Å². The van der Waals surface area contributed by atoms with Gasteiger partial charge >= 0.3 is 0 Å². The molecule has 0 aromatic heterocycles. The van der Waals surface area contributed by atoms with Gasteiger partial charge in [-0.25, -0.2) is 0 Å². The van der Waals surface area contributed by atoms with E-state index < -0.39 is 6.04 Å². The van der Waals surface area contributed by atoms with Crippen molar-refractivity contribution in [3.05, 3.63) is 29.8 Å². The zero-order chi connectivity index (χ0) is 17.1. The number of rotatable bonds is 10. The molecule has 0 aliphatic rings. The van der Waals surface area contributed by atoms with E-state index in [1.807, 2.05) is 12.1 Å². The summed E-state index contributed by atoms with van der Waals surface area (Å²) in [7, 11) is 0. The lowest BCUT2D eigenvalue weighted by Gasteiger charge is -2.17. The lowest BCUT2D eigenvalue weighted by Crippen LogP contribution is -2.48. The minimum Gasteiger partial charge on any atom is -0.395 e. The third-order valence-electron chi connectivity index (χ3n) is 3.26. The second-order valence-corrected chi connectivity index (χ2v) is 6.42. The molecule has 0 saturated heterocycles. The molecule has 0 radical (unpaired) electrons. The van der Waals surface area contributed by atoms with Gasteiger partial charge in [0.25, 0.3) is 0 Å². The maximum absolute atomic E-state index is 12.0. The van der Waals surface area contributed by atoms with Gasteiger partial charge in [0, 0.05) is 24.1 Å². The Morgan fingerprint density at radius 3 is 2.52 bits per heavy atom. The lowest BCUT2D eigenvalue weighted by atomic mass is 10.1. The molecule has 128 valence electrons. The summed E-state index contributed by atoms with van der Waals surface area (Å²) in [5, 5.41) is 14.0. The Bertz CT molecular complexity index is 491. The molecule has 6 heteroatoms.